The van der Waals surface area contributed by atoms with Gasteiger partial charge in [0.25, 0.3) is 16.0 Å². The van der Waals surface area contributed by atoms with Crippen LogP contribution in [0.3, 0.4) is 0 Å². The molecule has 4 rings (SSSR count). The average Bonchev–Trinajstić information content (AvgIpc) is 3.36. The van der Waals surface area contributed by atoms with E-state index >= 15 is 8.63 Å². The highest BCUT2D eigenvalue weighted by Crippen LogP contribution is 2.44. The molecule has 0 aliphatic carbocycles. The zero-order chi connectivity index (χ0) is 31.1. The van der Waals surface area contributed by atoms with Crippen molar-refractivity contribution in [3.8, 4) is 11.8 Å². The molecule has 2 aromatic rings. The van der Waals surface area contributed by atoms with E-state index in [4.69, 9.17) is 5.11 Å². The number of rotatable bonds is 7. The summed E-state index contributed by atoms with van der Waals surface area (Å²) in [5.74, 6) is 1.14. The maximum absolute atomic E-state index is 15.8. The van der Waals surface area contributed by atoms with E-state index in [9.17, 15) is 27.4 Å². The van der Waals surface area contributed by atoms with E-state index in [1.807, 2.05) is 5.32 Å². The first-order valence-electron chi connectivity index (χ1n) is 12.7. The number of fused-ring (bicyclic) bond motifs is 2. The van der Waals surface area contributed by atoms with Gasteiger partial charge < -0.3 is 33.3 Å². The lowest BCUT2D eigenvalue weighted by Gasteiger charge is -2.34. The Morgan fingerprint density at radius 2 is 1.74 bits per heavy atom. The molecule has 42 heavy (non-hydrogen) atoms. The summed E-state index contributed by atoms with van der Waals surface area (Å²) in [6.45, 7) is 1.01. The molecular formula is C27H27BF2N4O7S. The van der Waals surface area contributed by atoms with E-state index in [2.05, 4.69) is 17.2 Å². The fourth-order valence-corrected chi connectivity index (χ4v) is 5.91. The smallest absolute Gasteiger partial charge is 0.480 e. The Hall–Kier alpha value is -4.55. The standard InChI is InChI=1S/C27H27BF2N4O7S/c1-15-11-17(3)33-25(15)24(26-16(2)12-18(4)34(26)28(33,29)30)20-8-5-19(6-9-20)7-10-22(35)31-13-21(42(39,40)41)27(38)32-14-23(36)37/h5-6,8-9,11-12,21H,13-14H2,1-4H3,(H,31,35)(H,32,38)(H,36,37)(H,39,40,41). The SMILES string of the molecule is CC1=CC(C)=[N+]2C1=C(c1ccc(C#CC(=O)NCC(C(=O)NCC(=O)O)S(=O)(=O)O)cc1)c1c(C)cc(C)n1[B-]2(F)F. The van der Waals surface area contributed by atoms with Crippen molar-refractivity contribution >= 4 is 46.2 Å². The summed E-state index contributed by atoms with van der Waals surface area (Å²) in [7, 11) is -4.96. The number of allylic oxidation sites excluding steroid dienone is 2. The molecule has 2 amide bonds. The number of nitrogens with zero attached hydrogens (tertiary/aromatic N) is 2. The summed E-state index contributed by atoms with van der Waals surface area (Å²) in [6.07, 6.45) is 1.73. The molecule has 220 valence electrons. The maximum atomic E-state index is 15.8. The number of hydrogen-bond acceptors (Lipinski definition) is 5. The van der Waals surface area contributed by atoms with Crippen LogP contribution in [-0.4, -0.2) is 75.8 Å². The molecule has 2 aliphatic rings. The normalized spacial score (nSPS) is 16.1. The van der Waals surface area contributed by atoms with Gasteiger partial charge in [-0.2, -0.15) is 8.42 Å². The minimum atomic E-state index is -4.96. The zero-order valence-corrected chi connectivity index (χ0v) is 23.8. The van der Waals surface area contributed by atoms with Crippen molar-refractivity contribution in [2.45, 2.75) is 32.9 Å². The number of carbonyl (C=O) groups excluding carboxylic acids is 2. The Morgan fingerprint density at radius 1 is 1.10 bits per heavy atom. The molecule has 0 saturated carbocycles. The van der Waals surface area contributed by atoms with Crippen molar-refractivity contribution in [1.29, 1.82) is 0 Å². The van der Waals surface area contributed by atoms with Crippen LogP contribution in [0.25, 0.3) is 5.57 Å². The quantitative estimate of drug-likeness (QED) is 0.213. The highest BCUT2D eigenvalue weighted by Gasteiger charge is 2.55. The molecule has 2 aliphatic heterocycles. The van der Waals surface area contributed by atoms with Crippen LogP contribution in [-0.2, 0) is 24.5 Å². The van der Waals surface area contributed by atoms with Gasteiger partial charge in [0.05, 0.1) is 5.57 Å². The zero-order valence-electron chi connectivity index (χ0n) is 23.0. The second-order valence-electron chi connectivity index (χ2n) is 9.99. The minimum Gasteiger partial charge on any atom is -0.480 e. The molecule has 11 nitrogen and oxygen atoms in total. The first-order chi connectivity index (χ1) is 19.5. The van der Waals surface area contributed by atoms with Crippen molar-refractivity contribution in [2.75, 3.05) is 13.1 Å². The molecule has 4 N–H and O–H groups in total. The minimum absolute atomic E-state index is 0.386. The van der Waals surface area contributed by atoms with Gasteiger partial charge in [-0.05, 0) is 55.8 Å². The number of carboxylic acid groups (broad SMARTS) is 1. The molecule has 1 unspecified atom stereocenters. The highest BCUT2D eigenvalue weighted by molar-refractivity contribution is 7.87. The van der Waals surface area contributed by atoms with E-state index in [1.54, 1.807) is 64.1 Å². The molecule has 15 heteroatoms. The third-order valence-electron chi connectivity index (χ3n) is 6.94. The molecule has 0 bridgehead atoms. The third kappa shape index (κ3) is 5.63. The van der Waals surface area contributed by atoms with Gasteiger partial charge in [-0.15, -0.1) is 0 Å². The van der Waals surface area contributed by atoms with E-state index < -0.39 is 53.2 Å². The number of aryl methyl sites for hydroxylation is 2. The van der Waals surface area contributed by atoms with Crippen LogP contribution in [0.2, 0.25) is 0 Å². The molecule has 3 heterocycles. The predicted molar refractivity (Wildman–Crippen MR) is 150 cm³/mol. The van der Waals surface area contributed by atoms with Gasteiger partial charge in [0, 0.05) is 42.3 Å². The van der Waals surface area contributed by atoms with Crippen molar-refractivity contribution in [2.24, 2.45) is 0 Å². The molecular weight excluding hydrogens is 573 g/mol. The van der Waals surface area contributed by atoms with Crippen molar-refractivity contribution in [3.63, 3.8) is 0 Å². The monoisotopic (exact) mass is 600 g/mol. The first kappa shape index (κ1) is 30.4. The molecule has 1 atom stereocenters. The molecule has 0 fully saturated rings. The number of aliphatic carboxylic acids is 1. The van der Waals surface area contributed by atoms with E-state index in [0.29, 0.717) is 50.6 Å². The lowest BCUT2D eigenvalue weighted by Crippen LogP contribution is -2.51. The maximum Gasteiger partial charge on any atom is 0.737 e. The lowest BCUT2D eigenvalue weighted by molar-refractivity contribution is -0.363. The van der Waals surface area contributed by atoms with Gasteiger partial charge in [-0.25, -0.2) is 0 Å². The predicted octanol–water partition coefficient (Wildman–Crippen LogP) is 1.46. The Morgan fingerprint density at radius 3 is 2.33 bits per heavy atom. The summed E-state index contributed by atoms with van der Waals surface area (Å²) in [5.41, 5.74) is 4.80. The lowest BCUT2D eigenvalue weighted by atomic mass is 9.83. The van der Waals surface area contributed by atoms with Crippen LogP contribution in [0.15, 0.2) is 47.7 Å². The number of carbonyl (C=O) groups is 3. The third-order valence-corrected chi connectivity index (χ3v) is 8.04. The highest BCUT2D eigenvalue weighted by atomic mass is 32.2. The van der Waals surface area contributed by atoms with Crippen molar-refractivity contribution in [3.05, 3.63) is 75.8 Å². The van der Waals surface area contributed by atoms with Crippen LogP contribution < -0.4 is 10.6 Å². The topological polar surface area (TPSA) is 158 Å². The fourth-order valence-electron chi connectivity index (χ4n) is 5.26. The second kappa shape index (κ2) is 11.0. The van der Waals surface area contributed by atoms with Gasteiger partial charge in [0.1, 0.15) is 12.3 Å². The Labute approximate surface area is 240 Å². The first-order valence-corrected chi connectivity index (χ1v) is 14.2. The van der Waals surface area contributed by atoms with Crippen molar-refractivity contribution < 1.29 is 45.6 Å². The summed E-state index contributed by atoms with van der Waals surface area (Å²) >= 11 is 0. The van der Waals surface area contributed by atoms with Gasteiger partial charge in [-0.3, -0.25) is 18.9 Å². The van der Waals surface area contributed by atoms with Crippen LogP contribution in [0.1, 0.15) is 41.9 Å². The Bertz CT molecular complexity index is 1800. The summed E-state index contributed by atoms with van der Waals surface area (Å²) < 4.78 is 66.1. The molecule has 0 radical (unpaired) electrons. The number of aromatic nitrogens is 1. The largest absolute Gasteiger partial charge is 0.737 e. The van der Waals surface area contributed by atoms with Crippen LogP contribution in [0.4, 0.5) is 8.63 Å². The van der Waals surface area contributed by atoms with Gasteiger partial charge >= 0.3 is 12.9 Å². The van der Waals surface area contributed by atoms with Gasteiger partial charge in [0.2, 0.25) is 5.91 Å². The summed E-state index contributed by atoms with van der Waals surface area (Å²) in [5, 5.41) is 10.4. The number of carboxylic acids is 1. The van der Waals surface area contributed by atoms with E-state index in [-0.39, 0.29) is 0 Å². The second-order valence-corrected chi connectivity index (χ2v) is 11.6. The summed E-state index contributed by atoms with van der Waals surface area (Å²) in [4.78, 5) is 34.7. The number of amides is 2. The van der Waals surface area contributed by atoms with Crippen LogP contribution in [0, 0.1) is 25.7 Å². The van der Waals surface area contributed by atoms with Gasteiger partial charge in [0.15, 0.2) is 10.9 Å². The van der Waals surface area contributed by atoms with E-state index in [1.165, 1.54) is 0 Å². The fraction of sp³-hybridized carbons (Fsp3) is 0.259. The molecule has 1 aromatic carbocycles. The molecule has 0 saturated heterocycles. The molecule has 0 spiro atoms. The Kier molecular flexibility index (Phi) is 7.99. The number of nitrogens with one attached hydrogen (secondary N) is 2. The summed E-state index contributed by atoms with van der Waals surface area (Å²) in [6, 6.07) is 8.33. The van der Waals surface area contributed by atoms with Crippen molar-refractivity contribution in [1.82, 2.24) is 15.1 Å². The van der Waals surface area contributed by atoms with Crippen LogP contribution in [0.5, 0.6) is 0 Å². The molecule has 1 aromatic heterocycles. The van der Waals surface area contributed by atoms with Crippen LogP contribution >= 0.6 is 0 Å². The van der Waals surface area contributed by atoms with Gasteiger partial charge in [-0.1, -0.05) is 18.1 Å². The number of halogens is 2. The Balaban J connectivity index is 1.59. The van der Waals surface area contributed by atoms with E-state index in [0.717, 1.165) is 8.96 Å². The number of hydrogen-bond donors (Lipinski definition) is 4. The average molecular weight is 600 g/mol. The number of benzene rings is 1.